The van der Waals surface area contributed by atoms with E-state index in [0.717, 1.165) is 11.3 Å². The summed E-state index contributed by atoms with van der Waals surface area (Å²) in [5.74, 6) is 0.447. The van der Waals surface area contributed by atoms with Crippen LogP contribution < -0.4 is 10.6 Å². The highest BCUT2D eigenvalue weighted by Crippen LogP contribution is 2.27. The van der Waals surface area contributed by atoms with Crippen molar-refractivity contribution in [1.82, 2.24) is 14.3 Å². The third-order valence-corrected chi connectivity index (χ3v) is 4.87. The Kier molecular flexibility index (Phi) is 5.35. The van der Waals surface area contributed by atoms with Gasteiger partial charge in [0.15, 0.2) is 0 Å². The smallest absolute Gasteiger partial charge is 0.261 e. The number of benzene rings is 2. The minimum Gasteiger partial charge on any atom is -0.380 e. The highest BCUT2D eigenvalue weighted by Gasteiger charge is 2.17. The largest absolute Gasteiger partial charge is 0.380 e. The predicted molar refractivity (Wildman–Crippen MR) is 116 cm³/mol. The second-order valence-corrected chi connectivity index (χ2v) is 6.99. The van der Waals surface area contributed by atoms with E-state index in [9.17, 15) is 4.79 Å². The number of amides is 1. The number of aryl methyl sites for hydroxylation is 1. The van der Waals surface area contributed by atoms with Gasteiger partial charge in [-0.2, -0.15) is 5.10 Å². The molecule has 4 aromatic rings. The van der Waals surface area contributed by atoms with E-state index in [-0.39, 0.29) is 5.91 Å². The first kappa shape index (κ1) is 18.8. The molecule has 0 atom stereocenters. The standard InChI is InChI=1S/C22H20ClN5O/c1-27-22(28-11-5-6-12-28)18(15-25-27)21(29)26-17-9-10-20(19(23)13-17)24-14-16-7-3-2-4-8-16/h2-13,15,24H,14H2,1H3,(H,26,29). The van der Waals surface area contributed by atoms with Crippen LogP contribution in [-0.2, 0) is 13.6 Å². The van der Waals surface area contributed by atoms with Crippen LogP contribution in [0.4, 0.5) is 11.4 Å². The zero-order valence-corrected chi connectivity index (χ0v) is 16.6. The molecule has 0 saturated carbocycles. The Balaban J connectivity index is 1.48. The zero-order chi connectivity index (χ0) is 20.2. The van der Waals surface area contributed by atoms with Crippen LogP contribution in [0.25, 0.3) is 5.82 Å². The highest BCUT2D eigenvalue weighted by atomic mass is 35.5. The van der Waals surface area contributed by atoms with E-state index in [2.05, 4.69) is 15.7 Å². The third kappa shape index (κ3) is 4.17. The van der Waals surface area contributed by atoms with Crippen LogP contribution in [0.1, 0.15) is 15.9 Å². The second-order valence-electron chi connectivity index (χ2n) is 6.58. The van der Waals surface area contributed by atoms with Crippen molar-refractivity contribution in [3.63, 3.8) is 0 Å². The first-order valence-corrected chi connectivity index (χ1v) is 9.53. The van der Waals surface area contributed by atoms with Crippen molar-refractivity contribution in [2.24, 2.45) is 7.05 Å². The number of anilines is 2. The van der Waals surface area contributed by atoms with Crippen LogP contribution >= 0.6 is 11.6 Å². The molecule has 0 bridgehead atoms. The van der Waals surface area contributed by atoms with Crippen molar-refractivity contribution in [3.05, 3.63) is 95.4 Å². The van der Waals surface area contributed by atoms with Gasteiger partial charge in [-0.1, -0.05) is 41.9 Å². The molecule has 0 aliphatic carbocycles. The molecular formula is C22H20ClN5O. The van der Waals surface area contributed by atoms with Crippen molar-refractivity contribution < 1.29 is 4.79 Å². The number of halogens is 1. The first-order valence-electron chi connectivity index (χ1n) is 9.16. The summed E-state index contributed by atoms with van der Waals surface area (Å²) in [5.41, 5.74) is 3.07. The van der Waals surface area contributed by atoms with Gasteiger partial charge in [0.05, 0.1) is 16.9 Å². The maximum Gasteiger partial charge on any atom is 0.261 e. The molecule has 4 rings (SSSR count). The van der Waals surface area contributed by atoms with Gasteiger partial charge in [-0.3, -0.25) is 9.48 Å². The number of carbonyl (C=O) groups is 1. The fraction of sp³-hybridized carbons (Fsp3) is 0.0909. The van der Waals surface area contributed by atoms with Crippen LogP contribution in [0, 0.1) is 0 Å². The SMILES string of the molecule is Cn1ncc(C(=O)Nc2ccc(NCc3ccccc3)c(Cl)c2)c1-n1cccc1. The van der Waals surface area contributed by atoms with Crippen LogP contribution in [0.2, 0.25) is 5.02 Å². The number of hydrogen-bond acceptors (Lipinski definition) is 3. The highest BCUT2D eigenvalue weighted by molar-refractivity contribution is 6.33. The summed E-state index contributed by atoms with van der Waals surface area (Å²) in [5, 5.41) is 11.0. The molecule has 2 aromatic heterocycles. The summed E-state index contributed by atoms with van der Waals surface area (Å²) >= 11 is 6.41. The molecule has 0 radical (unpaired) electrons. The molecule has 0 unspecified atom stereocenters. The van der Waals surface area contributed by atoms with E-state index in [0.29, 0.717) is 28.6 Å². The van der Waals surface area contributed by atoms with Gasteiger partial charge in [0.2, 0.25) is 0 Å². The number of nitrogens with zero attached hydrogens (tertiary/aromatic N) is 3. The van der Waals surface area contributed by atoms with Gasteiger partial charge in [0, 0.05) is 31.7 Å². The predicted octanol–water partition coefficient (Wildman–Crippen LogP) is 4.73. The monoisotopic (exact) mass is 405 g/mol. The number of rotatable bonds is 6. The Morgan fingerprint density at radius 1 is 1.07 bits per heavy atom. The van der Waals surface area contributed by atoms with Gasteiger partial charge in [0.1, 0.15) is 11.4 Å². The van der Waals surface area contributed by atoms with Crippen molar-refractivity contribution in [3.8, 4) is 5.82 Å². The summed E-state index contributed by atoms with van der Waals surface area (Å²) in [6.45, 7) is 0.669. The van der Waals surface area contributed by atoms with Crippen molar-refractivity contribution >= 4 is 28.9 Å². The molecule has 0 spiro atoms. The van der Waals surface area contributed by atoms with Gasteiger partial charge in [-0.05, 0) is 35.9 Å². The lowest BCUT2D eigenvalue weighted by Crippen LogP contribution is -2.15. The molecule has 2 N–H and O–H groups in total. The number of aromatic nitrogens is 3. The normalized spacial score (nSPS) is 10.7. The van der Waals surface area contributed by atoms with Crippen LogP contribution in [-0.4, -0.2) is 20.3 Å². The molecule has 2 heterocycles. The van der Waals surface area contributed by atoms with E-state index < -0.39 is 0 Å². The molecule has 6 nitrogen and oxygen atoms in total. The Bertz CT molecular complexity index is 1120. The van der Waals surface area contributed by atoms with Crippen molar-refractivity contribution in [1.29, 1.82) is 0 Å². The minimum atomic E-state index is -0.247. The van der Waals surface area contributed by atoms with Gasteiger partial charge < -0.3 is 15.2 Å². The van der Waals surface area contributed by atoms with E-state index >= 15 is 0 Å². The Labute approximate surface area is 173 Å². The van der Waals surface area contributed by atoms with Gasteiger partial charge in [0.25, 0.3) is 5.91 Å². The van der Waals surface area contributed by atoms with E-state index in [1.54, 1.807) is 24.0 Å². The molecule has 2 aromatic carbocycles. The number of carbonyl (C=O) groups excluding carboxylic acids is 1. The molecule has 1 amide bonds. The third-order valence-electron chi connectivity index (χ3n) is 4.55. The fourth-order valence-electron chi connectivity index (χ4n) is 3.10. The van der Waals surface area contributed by atoms with Crippen LogP contribution in [0.5, 0.6) is 0 Å². The molecule has 0 saturated heterocycles. The van der Waals surface area contributed by atoms with Crippen LogP contribution in [0.15, 0.2) is 79.3 Å². The first-order chi connectivity index (χ1) is 14.1. The Morgan fingerprint density at radius 2 is 1.83 bits per heavy atom. The molecular weight excluding hydrogens is 386 g/mol. The maximum absolute atomic E-state index is 12.8. The summed E-state index contributed by atoms with van der Waals surface area (Å²) in [4.78, 5) is 12.8. The van der Waals surface area contributed by atoms with E-state index in [1.165, 1.54) is 0 Å². The van der Waals surface area contributed by atoms with Gasteiger partial charge in [-0.15, -0.1) is 0 Å². The zero-order valence-electron chi connectivity index (χ0n) is 15.8. The van der Waals surface area contributed by atoms with Crippen molar-refractivity contribution in [2.75, 3.05) is 10.6 Å². The molecule has 0 aliphatic rings. The van der Waals surface area contributed by atoms with E-state index in [1.807, 2.05) is 71.6 Å². The summed E-state index contributed by atoms with van der Waals surface area (Å²) in [6, 6.07) is 19.3. The number of nitrogens with one attached hydrogen (secondary N) is 2. The molecule has 0 aliphatic heterocycles. The second kappa shape index (κ2) is 8.24. The van der Waals surface area contributed by atoms with Gasteiger partial charge in [-0.25, -0.2) is 0 Å². The molecule has 146 valence electrons. The Morgan fingerprint density at radius 3 is 2.55 bits per heavy atom. The lowest BCUT2D eigenvalue weighted by Gasteiger charge is -2.12. The quantitative estimate of drug-likeness (QED) is 0.487. The average molecular weight is 406 g/mol. The number of hydrogen-bond donors (Lipinski definition) is 2. The maximum atomic E-state index is 12.8. The lowest BCUT2D eigenvalue weighted by molar-refractivity contribution is 0.102. The van der Waals surface area contributed by atoms with Crippen molar-refractivity contribution in [2.45, 2.75) is 6.54 Å². The molecule has 0 fully saturated rings. The average Bonchev–Trinajstić information content (AvgIpc) is 3.37. The summed E-state index contributed by atoms with van der Waals surface area (Å²) < 4.78 is 3.52. The fourth-order valence-corrected chi connectivity index (χ4v) is 3.35. The molecule has 7 heteroatoms. The summed E-state index contributed by atoms with van der Waals surface area (Å²) in [7, 11) is 1.80. The van der Waals surface area contributed by atoms with Crippen LogP contribution in [0.3, 0.4) is 0 Å². The lowest BCUT2D eigenvalue weighted by atomic mass is 10.2. The Hall–Kier alpha value is -3.51. The molecule has 29 heavy (non-hydrogen) atoms. The van der Waals surface area contributed by atoms with Gasteiger partial charge >= 0.3 is 0 Å². The topological polar surface area (TPSA) is 63.9 Å². The summed E-state index contributed by atoms with van der Waals surface area (Å²) in [6.07, 6.45) is 5.30. The van der Waals surface area contributed by atoms with E-state index in [4.69, 9.17) is 11.6 Å². The minimum absolute atomic E-state index is 0.247.